The second-order valence-corrected chi connectivity index (χ2v) is 3.85. The van der Waals surface area contributed by atoms with Crippen LogP contribution in [0.1, 0.15) is 5.76 Å². The van der Waals surface area contributed by atoms with Crippen molar-refractivity contribution in [3.63, 3.8) is 0 Å². The molecule has 2 aromatic heterocycles. The minimum absolute atomic E-state index is 0.0832. The topological polar surface area (TPSA) is 48.0 Å². The predicted molar refractivity (Wildman–Crippen MR) is 69.7 cm³/mol. The first-order valence-electron chi connectivity index (χ1n) is 5.48. The smallest absolute Gasteiger partial charge is 0.193 e. The van der Waals surface area contributed by atoms with Crippen LogP contribution in [0.4, 0.5) is 0 Å². The molecule has 0 radical (unpaired) electrons. The van der Waals surface area contributed by atoms with Crippen molar-refractivity contribution in [3.8, 4) is 5.69 Å². The van der Waals surface area contributed by atoms with Gasteiger partial charge in [-0.25, -0.2) is 4.68 Å². The second kappa shape index (κ2) is 4.00. The Kier molecular flexibility index (Phi) is 2.34. The number of nitrogens with zero attached hydrogens (tertiary/aromatic N) is 2. The SMILES string of the molecule is C=Cc1cc(=O)c2cc(-n3cccn3)ccc2o1. The second-order valence-electron chi connectivity index (χ2n) is 3.85. The summed E-state index contributed by atoms with van der Waals surface area (Å²) in [5.41, 5.74) is 1.29. The summed E-state index contributed by atoms with van der Waals surface area (Å²) in [4.78, 5) is 11.9. The molecule has 0 saturated heterocycles. The third-order valence-electron chi connectivity index (χ3n) is 2.70. The third-order valence-corrected chi connectivity index (χ3v) is 2.70. The average molecular weight is 238 g/mol. The molecule has 0 fully saturated rings. The summed E-state index contributed by atoms with van der Waals surface area (Å²) in [5.74, 6) is 0.472. The molecule has 88 valence electrons. The summed E-state index contributed by atoms with van der Waals surface area (Å²) in [5, 5.41) is 4.66. The normalized spacial score (nSPS) is 10.7. The van der Waals surface area contributed by atoms with E-state index in [2.05, 4.69) is 11.7 Å². The van der Waals surface area contributed by atoms with Gasteiger partial charge in [-0.3, -0.25) is 4.79 Å². The number of benzene rings is 1. The molecule has 3 aromatic rings. The van der Waals surface area contributed by atoms with Gasteiger partial charge in [-0.1, -0.05) is 6.58 Å². The van der Waals surface area contributed by atoms with Crippen LogP contribution >= 0.6 is 0 Å². The van der Waals surface area contributed by atoms with Crippen molar-refractivity contribution in [2.45, 2.75) is 0 Å². The summed E-state index contributed by atoms with van der Waals surface area (Å²) < 4.78 is 7.21. The van der Waals surface area contributed by atoms with Crippen LogP contribution in [0.25, 0.3) is 22.7 Å². The van der Waals surface area contributed by atoms with Gasteiger partial charge in [0.1, 0.15) is 11.3 Å². The van der Waals surface area contributed by atoms with Gasteiger partial charge in [0.15, 0.2) is 5.43 Å². The highest BCUT2D eigenvalue weighted by Crippen LogP contribution is 2.17. The van der Waals surface area contributed by atoms with Crippen LogP contribution in [0, 0.1) is 0 Å². The molecule has 0 saturated carbocycles. The number of rotatable bonds is 2. The zero-order chi connectivity index (χ0) is 12.5. The van der Waals surface area contributed by atoms with E-state index >= 15 is 0 Å². The van der Waals surface area contributed by atoms with Gasteiger partial charge in [0, 0.05) is 18.5 Å². The lowest BCUT2D eigenvalue weighted by atomic mass is 10.2. The van der Waals surface area contributed by atoms with Gasteiger partial charge in [-0.15, -0.1) is 0 Å². The van der Waals surface area contributed by atoms with E-state index in [1.54, 1.807) is 23.0 Å². The Morgan fingerprint density at radius 3 is 2.94 bits per heavy atom. The van der Waals surface area contributed by atoms with Crippen LogP contribution in [0.2, 0.25) is 0 Å². The van der Waals surface area contributed by atoms with Crippen molar-refractivity contribution >= 4 is 17.0 Å². The minimum Gasteiger partial charge on any atom is -0.456 e. The van der Waals surface area contributed by atoms with E-state index in [9.17, 15) is 4.79 Å². The third kappa shape index (κ3) is 1.64. The Morgan fingerprint density at radius 1 is 1.33 bits per heavy atom. The molecule has 0 atom stereocenters. The van der Waals surface area contributed by atoms with Crippen LogP contribution in [0.3, 0.4) is 0 Å². The van der Waals surface area contributed by atoms with Gasteiger partial charge in [0.05, 0.1) is 11.1 Å². The summed E-state index contributed by atoms with van der Waals surface area (Å²) >= 11 is 0. The van der Waals surface area contributed by atoms with Crippen LogP contribution in [0.5, 0.6) is 0 Å². The number of fused-ring (bicyclic) bond motifs is 1. The van der Waals surface area contributed by atoms with E-state index in [-0.39, 0.29) is 5.43 Å². The molecule has 4 nitrogen and oxygen atoms in total. The molecule has 18 heavy (non-hydrogen) atoms. The maximum absolute atomic E-state index is 11.9. The van der Waals surface area contributed by atoms with Crippen molar-refractivity contribution in [2.75, 3.05) is 0 Å². The molecule has 0 aliphatic rings. The Morgan fingerprint density at radius 2 is 2.22 bits per heavy atom. The maximum Gasteiger partial charge on any atom is 0.193 e. The average Bonchev–Trinajstić information content (AvgIpc) is 2.92. The fourth-order valence-electron chi connectivity index (χ4n) is 1.83. The minimum atomic E-state index is -0.0832. The molecule has 0 amide bonds. The van der Waals surface area contributed by atoms with Crippen molar-refractivity contribution < 1.29 is 4.42 Å². The molecule has 0 spiro atoms. The van der Waals surface area contributed by atoms with Crippen molar-refractivity contribution in [3.05, 3.63) is 65.3 Å². The van der Waals surface area contributed by atoms with Gasteiger partial charge in [0.2, 0.25) is 0 Å². The zero-order valence-electron chi connectivity index (χ0n) is 9.54. The molecule has 0 bridgehead atoms. The Bertz CT molecular complexity index is 770. The Labute approximate surface area is 103 Å². The Balaban J connectivity index is 2.27. The van der Waals surface area contributed by atoms with Gasteiger partial charge in [-0.05, 0) is 30.3 Å². The first kappa shape index (κ1) is 10.5. The summed E-state index contributed by atoms with van der Waals surface area (Å²) in [6.45, 7) is 3.59. The molecule has 1 aromatic carbocycles. The van der Waals surface area contributed by atoms with Crippen LogP contribution in [-0.2, 0) is 0 Å². The van der Waals surface area contributed by atoms with Crippen molar-refractivity contribution in [2.24, 2.45) is 0 Å². The highest BCUT2D eigenvalue weighted by molar-refractivity contribution is 5.79. The monoisotopic (exact) mass is 238 g/mol. The predicted octanol–water partition coefficient (Wildman–Crippen LogP) is 2.62. The first-order valence-corrected chi connectivity index (χ1v) is 5.48. The molecular weight excluding hydrogens is 228 g/mol. The molecule has 0 N–H and O–H groups in total. The molecule has 0 aliphatic carbocycles. The van der Waals surface area contributed by atoms with Gasteiger partial charge in [0.25, 0.3) is 0 Å². The van der Waals surface area contributed by atoms with E-state index < -0.39 is 0 Å². The lowest BCUT2D eigenvalue weighted by molar-refractivity contribution is 0.591. The standard InChI is InChI=1S/C14H10N2O2/c1-2-11-9-13(17)12-8-10(4-5-14(12)18-11)16-7-3-6-15-16/h2-9H,1H2. The maximum atomic E-state index is 11.9. The van der Waals surface area contributed by atoms with Crippen molar-refractivity contribution in [1.29, 1.82) is 0 Å². The van der Waals surface area contributed by atoms with Crippen LogP contribution < -0.4 is 5.43 Å². The quantitative estimate of drug-likeness (QED) is 0.689. The summed E-state index contributed by atoms with van der Waals surface area (Å²) in [6.07, 6.45) is 5.02. The zero-order valence-corrected chi connectivity index (χ0v) is 9.54. The fraction of sp³-hybridized carbons (Fsp3) is 0. The first-order chi connectivity index (χ1) is 8.78. The summed E-state index contributed by atoms with van der Waals surface area (Å²) in [6, 6.07) is 8.64. The summed E-state index contributed by atoms with van der Waals surface area (Å²) in [7, 11) is 0. The molecule has 0 aliphatic heterocycles. The van der Waals surface area contributed by atoms with Crippen LogP contribution in [-0.4, -0.2) is 9.78 Å². The van der Waals surface area contributed by atoms with Gasteiger partial charge >= 0.3 is 0 Å². The molecule has 0 unspecified atom stereocenters. The highest BCUT2D eigenvalue weighted by atomic mass is 16.3. The molecular formula is C14H10N2O2. The Hall–Kier alpha value is -2.62. The number of aromatic nitrogens is 2. The van der Waals surface area contributed by atoms with E-state index in [1.807, 2.05) is 18.3 Å². The van der Waals surface area contributed by atoms with E-state index in [4.69, 9.17) is 4.42 Å². The van der Waals surface area contributed by atoms with Crippen molar-refractivity contribution in [1.82, 2.24) is 9.78 Å². The van der Waals surface area contributed by atoms with E-state index in [1.165, 1.54) is 12.1 Å². The largest absolute Gasteiger partial charge is 0.456 e. The van der Waals surface area contributed by atoms with Gasteiger partial charge < -0.3 is 4.42 Å². The van der Waals surface area contributed by atoms with E-state index in [0.717, 1.165) is 5.69 Å². The fourth-order valence-corrected chi connectivity index (χ4v) is 1.83. The highest BCUT2D eigenvalue weighted by Gasteiger charge is 2.05. The molecule has 2 heterocycles. The van der Waals surface area contributed by atoms with E-state index in [0.29, 0.717) is 16.7 Å². The number of hydrogen-bond acceptors (Lipinski definition) is 3. The van der Waals surface area contributed by atoms with Crippen LogP contribution in [0.15, 0.2) is 58.5 Å². The lowest BCUT2D eigenvalue weighted by Crippen LogP contribution is -2.02. The molecule has 3 rings (SSSR count). The molecule has 4 heteroatoms. The van der Waals surface area contributed by atoms with Gasteiger partial charge in [-0.2, -0.15) is 5.10 Å². The number of hydrogen-bond donors (Lipinski definition) is 0. The lowest BCUT2D eigenvalue weighted by Gasteiger charge is -2.03.